The van der Waals surface area contributed by atoms with Crippen LogP contribution in [0.4, 0.5) is 0 Å². The molecule has 0 bridgehead atoms. The third-order valence-corrected chi connectivity index (χ3v) is 6.25. The number of halogens is 2. The number of ketones is 2. The number of carbonyl (C=O) groups excluding carboxylic acids is 2. The maximum atomic E-state index is 12.1. The van der Waals surface area contributed by atoms with Crippen molar-refractivity contribution in [2.45, 2.75) is 30.4 Å². The first-order valence-electron chi connectivity index (χ1n) is 6.53. The van der Waals surface area contributed by atoms with E-state index < -0.39 is 28.1 Å². The van der Waals surface area contributed by atoms with E-state index in [-0.39, 0.29) is 21.4 Å². The Hall–Kier alpha value is -1.18. The summed E-state index contributed by atoms with van der Waals surface area (Å²) >= 11 is 6.34. The number of allylic oxidation sites excluding steroid dienone is 1. The largest absolute Gasteiger partial charge is 0.506 e. The molecule has 7 heteroatoms. The number of Topliss-reactive ketones (excluding diaryl/α,β-unsaturated/α-hetero) is 2. The molecule has 0 amide bonds. The highest BCUT2D eigenvalue weighted by atomic mass is 79.9. The molecule has 1 aromatic rings. The fourth-order valence-electron chi connectivity index (χ4n) is 2.73. The lowest BCUT2D eigenvalue weighted by Gasteiger charge is -2.41. The highest BCUT2D eigenvalue weighted by Gasteiger charge is 2.45. The second kappa shape index (κ2) is 4.91. The molecule has 0 saturated carbocycles. The van der Waals surface area contributed by atoms with E-state index in [2.05, 4.69) is 31.9 Å². The van der Waals surface area contributed by atoms with Gasteiger partial charge in [-0.15, -0.1) is 0 Å². The molecule has 0 fully saturated rings. The number of aliphatic hydroxyl groups is 2. The molecule has 1 aromatic carbocycles. The summed E-state index contributed by atoms with van der Waals surface area (Å²) in [5, 5.41) is 20.9. The van der Waals surface area contributed by atoms with Crippen molar-refractivity contribution < 1.29 is 24.5 Å². The fraction of sp³-hybridized carbons (Fsp3) is 0.333. The number of fused-ring (bicyclic) bond motifs is 3. The molecule has 1 aliphatic carbocycles. The van der Waals surface area contributed by atoms with Crippen LogP contribution in [0.2, 0.25) is 0 Å². The number of rotatable bonds is 0. The van der Waals surface area contributed by atoms with Gasteiger partial charge in [0, 0.05) is 16.7 Å². The molecule has 5 nitrogen and oxygen atoms in total. The molecule has 0 radical (unpaired) electrons. The molecule has 1 heterocycles. The van der Waals surface area contributed by atoms with E-state index in [0.29, 0.717) is 11.3 Å². The Kier molecular flexibility index (Phi) is 3.50. The summed E-state index contributed by atoms with van der Waals surface area (Å²) in [6.07, 6.45) is -1.00. The van der Waals surface area contributed by atoms with Gasteiger partial charge in [0.2, 0.25) is 11.6 Å². The van der Waals surface area contributed by atoms with E-state index in [0.717, 1.165) is 0 Å². The third-order valence-electron chi connectivity index (χ3n) is 3.91. The number of aliphatic hydroxyl groups excluding tert-OH is 2. The highest BCUT2D eigenvalue weighted by Crippen LogP contribution is 2.48. The van der Waals surface area contributed by atoms with E-state index >= 15 is 0 Å². The zero-order chi connectivity index (χ0) is 16.4. The molecular formula is C15H12Br2O5. The first-order chi connectivity index (χ1) is 10.2. The minimum atomic E-state index is -1.00. The third kappa shape index (κ3) is 1.99. The standard InChI is InChI=1S/C15H12Br2O5/c1-15(2)14(17)12(20)8-6(22-15)4-3-5-7(8)11(19)9(16)13(21)10(5)18/h3-4,12,14,19-20H,1-2H3. The summed E-state index contributed by atoms with van der Waals surface area (Å²) in [4.78, 5) is 23.5. The van der Waals surface area contributed by atoms with Crippen molar-refractivity contribution in [1.82, 2.24) is 0 Å². The lowest BCUT2D eigenvalue weighted by molar-refractivity contribution is -0.111. The van der Waals surface area contributed by atoms with Gasteiger partial charge in [0.1, 0.15) is 21.6 Å². The van der Waals surface area contributed by atoms with Crippen LogP contribution in [0.1, 0.15) is 41.4 Å². The van der Waals surface area contributed by atoms with Crippen LogP contribution < -0.4 is 4.74 Å². The van der Waals surface area contributed by atoms with Crippen molar-refractivity contribution >= 4 is 49.2 Å². The molecule has 1 aliphatic heterocycles. The van der Waals surface area contributed by atoms with Gasteiger partial charge in [0.25, 0.3) is 0 Å². The predicted molar refractivity (Wildman–Crippen MR) is 86.6 cm³/mol. The molecule has 116 valence electrons. The van der Waals surface area contributed by atoms with Crippen molar-refractivity contribution in [2.75, 3.05) is 0 Å². The van der Waals surface area contributed by atoms with Crippen LogP contribution in [0, 0.1) is 0 Å². The Bertz CT molecular complexity index is 751. The first kappa shape index (κ1) is 15.7. The van der Waals surface area contributed by atoms with Crippen LogP contribution in [0.3, 0.4) is 0 Å². The monoisotopic (exact) mass is 430 g/mol. The van der Waals surface area contributed by atoms with E-state index in [1.54, 1.807) is 0 Å². The number of carbonyl (C=O) groups is 2. The van der Waals surface area contributed by atoms with Crippen LogP contribution >= 0.6 is 31.9 Å². The van der Waals surface area contributed by atoms with Crippen LogP contribution in [-0.2, 0) is 4.79 Å². The molecule has 2 atom stereocenters. The van der Waals surface area contributed by atoms with Gasteiger partial charge in [-0.25, -0.2) is 0 Å². The number of hydrogen-bond acceptors (Lipinski definition) is 5. The second-order valence-corrected chi connectivity index (χ2v) is 7.55. The summed E-state index contributed by atoms with van der Waals surface area (Å²) in [6.45, 7) is 3.64. The van der Waals surface area contributed by atoms with Gasteiger partial charge in [-0.3, -0.25) is 9.59 Å². The van der Waals surface area contributed by atoms with Gasteiger partial charge in [-0.05, 0) is 41.9 Å². The highest BCUT2D eigenvalue weighted by molar-refractivity contribution is 9.12. The molecule has 3 rings (SSSR count). The summed E-state index contributed by atoms with van der Waals surface area (Å²) in [5.41, 5.74) is -0.173. The average molecular weight is 432 g/mol. The SMILES string of the molecule is CC1(C)Oc2ccc3c(c2C(O)C1Br)C(O)=C(Br)C(=O)C3=O. The Labute approximate surface area is 143 Å². The summed E-state index contributed by atoms with van der Waals surface area (Å²) in [6, 6.07) is 2.97. The maximum absolute atomic E-state index is 12.1. The first-order valence-corrected chi connectivity index (χ1v) is 8.24. The van der Waals surface area contributed by atoms with Crippen LogP contribution in [-0.4, -0.2) is 32.2 Å². The second-order valence-electron chi connectivity index (χ2n) is 5.77. The fourth-order valence-corrected chi connectivity index (χ4v) is 3.47. The van der Waals surface area contributed by atoms with Crippen molar-refractivity contribution in [3.8, 4) is 5.75 Å². The Morgan fingerprint density at radius 3 is 2.50 bits per heavy atom. The Morgan fingerprint density at radius 2 is 1.86 bits per heavy atom. The molecule has 0 aromatic heterocycles. The number of hydrogen-bond donors (Lipinski definition) is 2. The zero-order valence-electron chi connectivity index (χ0n) is 11.7. The molecule has 2 N–H and O–H groups in total. The molecular weight excluding hydrogens is 420 g/mol. The number of benzene rings is 1. The number of ether oxygens (including phenoxy) is 1. The van der Waals surface area contributed by atoms with Crippen LogP contribution in [0.15, 0.2) is 16.6 Å². The van der Waals surface area contributed by atoms with Crippen LogP contribution in [0.25, 0.3) is 5.76 Å². The predicted octanol–water partition coefficient (Wildman–Crippen LogP) is 3.04. The Morgan fingerprint density at radius 1 is 1.23 bits per heavy atom. The van der Waals surface area contributed by atoms with E-state index in [4.69, 9.17) is 4.74 Å². The molecule has 0 spiro atoms. The van der Waals surface area contributed by atoms with Crippen LogP contribution in [0.5, 0.6) is 5.75 Å². The van der Waals surface area contributed by atoms with E-state index in [9.17, 15) is 19.8 Å². The van der Waals surface area contributed by atoms with Crippen molar-refractivity contribution in [3.63, 3.8) is 0 Å². The minimum Gasteiger partial charge on any atom is -0.506 e. The van der Waals surface area contributed by atoms with E-state index in [1.165, 1.54) is 12.1 Å². The zero-order valence-corrected chi connectivity index (χ0v) is 14.9. The Balaban J connectivity index is 2.33. The van der Waals surface area contributed by atoms with Gasteiger partial charge in [0.15, 0.2) is 0 Å². The quantitative estimate of drug-likeness (QED) is 0.487. The van der Waals surface area contributed by atoms with Gasteiger partial charge in [-0.2, -0.15) is 0 Å². The lowest BCUT2D eigenvalue weighted by Crippen LogP contribution is -2.46. The van der Waals surface area contributed by atoms with E-state index in [1.807, 2.05) is 13.8 Å². The van der Waals surface area contributed by atoms with Crippen molar-refractivity contribution in [1.29, 1.82) is 0 Å². The molecule has 2 aliphatic rings. The van der Waals surface area contributed by atoms with Crippen molar-refractivity contribution in [3.05, 3.63) is 33.3 Å². The van der Waals surface area contributed by atoms with Gasteiger partial charge >= 0.3 is 0 Å². The molecule has 2 unspecified atom stereocenters. The summed E-state index contributed by atoms with van der Waals surface area (Å²) in [5.74, 6) is -1.53. The van der Waals surface area contributed by atoms with Gasteiger partial charge in [-0.1, -0.05) is 15.9 Å². The number of alkyl halides is 1. The summed E-state index contributed by atoms with van der Waals surface area (Å²) in [7, 11) is 0. The average Bonchev–Trinajstić information content (AvgIpc) is 2.47. The molecule has 22 heavy (non-hydrogen) atoms. The van der Waals surface area contributed by atoms with Gasteiger partial charge < -0.3 is 14.9 Å². The smallest absolute Gasteiger partial charge is 0.244 e. The summed E-state index contributed by atoms with van der Waals surface area (Å²) < 4.78 is 5.65. The lowest BCUT2D eigenvalue weighted by atomic mass is 9.83. The normalized spacial score (nSPS) is 26.4. The molecule has 0 saturated heterocycles. The van der Waals surface area contributed by atoms with Crippen molar-refractivity contribution in [2.24, 2.45) is 0 Å². The van der Waals surface area contributed by atoms with Gasteiger partial charge in [0.05, 0.1) is 10.9 Å². The minimum absolute atomic E-state index is 0.0616. The topological polar surface area (TPSA) is 83.8 Å². The maximum Gasteiger partial charge on any atom is 0.244 e.